The number of halogens is 3. The van der Waals surface area contributed by atoms with Crippen LogP contribution in [0.25, 0.3) is 17.1 Å². The number of carbonyl (C=O) groups is 1. The van der Waals surface area contributed by atoms with Crippen molar-refractivity contribution in [3.8, 4) is 22.8 Å². The van der Waals surface area contributed by atoms with Crippen molar-refractivity contribution in [3.63, 3.8) is 0 Å². The fourth-order valence-corrected chi connectivity index (χ4v) is 6.69. The Morgan fingerprint density at radius 2 is 1.70 bits per heavy atom. The first kappa shape index (κ1) is 32.9. The molecule has 0 spiro atoms. The lowest BCUT2D eigenvalue weighted by molar-refractivity contribution is -0.274. The van der Waals surface area contributed by atoms with E-state index in [1.807, 2.05) is 38.1 Å². The van der Waals surface area contributed by atoms with E-state index in [1.54, 1.807) is 11.8 Å². The number of amides is 2. The monoisotopic (exact) mass is 648 g/mol. The van der Waals surface area contributed by atoms with Crippen LogP contribution in [0.4, 0.5) is 23.7 Å². The summed E-state index contributed by atoms with van der Waals surface area (Å²) in [6.07, 6.45) is -2.28. The predicted molar refractivity (Wildman–Crippen MR) is 178 cm³/mol. The Hall–Kier alpha value is -4.45. The van der Waals surface area contributed by atoms with Crippen molar-refractivity contribution in [3.05, 3.63) is 89.2 Å². The number of ether oxygens (including phenoxy) is 1. The van der Waals surface area contributed by atoms with Crippen molar-refractivity contribution >= 4 is 34.4 Å². The fraction of sp³-hybridized carbons (Fsp3) is 0.324. The molecule has 1 aliphatic rings. The highest BCUT2D eigenvalue weighted by atomic mass is 32.2. The van der Waals surface area contributed by atoms with Crippen LogP contribution in [0.5, 0.6) is 5.75 Å². The summed E-state index contributed by atoms with van der Waals surface area (Å²) in [5.41, 5.74) is 7.49. The van der Waals surface area contributed by atoms with E-state index in [2.05, 4.69) is 69.5 Å². The van der Waals surface area contributed by atoms with Crippen LogP contribution in [-0.4, -0.2) is 49.8 Å². The number of hydrogen-bond acceptors (Lipinski definition) is 5. The third-order valence-corrected chi connectivity index (χ3v) is 8.86. The van der Waals surface area contributed by atoms with E-state index in [4.69, 9.17) is 0 Å². The normalized spacial score (nSPS) is 17.3. The maximum atomic E-state index is 13.1. The molecule has 12 heteroatoms. The number of amidine groups is 1. The van der Waals surface area contributed by atoms with Crippen molar-refractivity contribution in [1.29, 1.82) is 0 Å². The molecule has 5 rings (SSSR count). The second-order valence-electron chi connectivity index (χ2n) is 11.4. The lowest BCUT2D eigenvalue weighted by Crippen LogP contribution is -2.42. The molecule has 8 nitrogen and oxygen atoms in total. The maximum Gasteiger partial charge on any atom is 0.573 e. The highest BCUT2D eigenvalue weighted by Gasteiger charge is 2.31. The largest absolute Gasteiger partial charge is 0.573 e. The zero-order valence-electron chi connectivity index (χ0n) is 26.5. The topological polar surface area (TPSA) is 85.0 Å². The van der Waals surface area contributed by atoms with Crippen LogP contribution in [0.15, 0.2) is 77.0 Å². The molecule has 0 radical (unpaired) electrons. The van der Waals surface area contributed by atoms with E-state index in [0.717, 1.165) is 40.1 Å². The number of nitrogens with zero attached hydrogens (tertiary/aromatic N) is 6. The van der Waals surface area contributed by atoms with Crippen molar-refractivity contribution < 1.29 is 22.7 Å². The molecule has 240 valence electrons. The lowest BCUT2D eigenvalue weighted by Gasteiger charge is -2.37. The first-order valence-electron chi connectivity index (χ1n) is 14.8. The van der Waals surface area contributed by atoms with Crippen molar-refractivity contribution in [2.24, 2.45) is 9.98 Å². The van der Waals surface area contributed by atoms with Gasteiger partial charge in [-0.05, 0) is 82.0 Å². The summed E-state index contributed by atoms with van der Waals surface area (Å²) in [7, 11) is 0. The number of carbonyl (C=O) groups excluding carboxylic acids is 1. The molecule has 2 amide bonds. The minimum atomic E-state index is -4.75. The molecule has 2 unspecified atom stereocenters. The van der Waals surface area contributed by atoms with Gasteiger partial charge in [-0.15, -0.1) is 18.3 Å². The summed E-state index contributed by atoms with van der Waals surface area (Å²) in [6, 6.07) is 17.0. The molecule has 2 atom stereocenters. The minimum absolute atomic E-state index is 0.142. The van der Waals surface area contributed by atoms with Gasteiger partial charge in [0.25, 0.3) is 0 Å². The Bertz CT molecular complexity index is 1760. The van der Waals surface area contributed by atoms with Crippen LogP contribution in [-0.2, 0) is 0 Å². The molecule has 0 bridgehead atoms. The molecular weight excluding hydrogens is 613 g/mol. The molecule has 2 heterocycles. The number of rotatable bonds is 6. The SMILES string of the molecule is CC(=NC(=O)N=C1SCCC(C)N1c1c(C)cc(C)cc1C)C(C)c1ccc(-c2ncn(-c3ccc(OC(F)(F)F)cc3)n2)cc1. The summed E-state index contributed by atoms with van der Waals surface area (Å²) in [5.74, 6) is 0.882. The van der Waals surface area contributed by atoms with Gasteiger partial charge in [0.05, 0.1) is 5.69 Å². The Kier molecular flexibility index (Phi) is 9.66. The van der Waals surface area contributed by atoms with Gasteiger partial charge in [0, 0.05) is 34.7 Å². The molecule has 1 aliphatic heterocycles. The van der Waals surface area contributed by atoms with Crippen LogP contribution < -0.4 is 9.64 Å². The Morgan fingerprint density at radius 3 is 2.33 bits per heavy atom. The number of aryl methyl sites for hydroxylation is 3. The summed E-state index contributed by atoms with van der Waals surface area (Å²) < 4.78 is 42.8. The number of urea groups is 1. The third-order valence-electron chi connectivity index (χ3n) is 7.88. The molecular formula is C34H35F3N6O2S. The molecule has 1 aromatic heterocycles. The number of hydrogen-bond donors (Lipinski definition) is 0. The third kappa shape index (κ3) is 7.67. The van der Waals surface area contributed by atoms with E-state index < -0.39 is 12.4 Å². The van der Waals surface area contributed by atoms with E-state index in [9.17, 15) is 18.0 Å². The number of alkyl halides is 3. The predicted octanol–water partition coefficient (Wildman–Crippen LogP) is 8.83. The lowest BCUT2D eigenvalue weighted by atomic mass is 9.96. The number of benzene rings is 3. The first-order chi connectivity index (χ1) is 21.8. The van der Waals surface area contributed by atoms with Crippen LogP contribution in [0.1, 0.15) is 55.4 Å². The van der Waals surface area contributed by atoms with Crippen LogP contribution >= 0.6 is 11.8 Å². The number of aliphatic imine (C=N–C) groups is 2. The van der Waals surface area contributed by atoms with Crippen LogP contribution in [0, 0.1) is 20.8 Å². The zero-order chi connectivity index (χ0) is 33.2. The van der Waals surface area contributed by atoms with Gasteiger partial charge in [-0.1, -0.05) is 60.6 Å². The molecule has 0 N–H and O–H groups in total. The summed E-state index contributed by atoms with van der Waals surface area (Å²) in [6.45, 7) is 12.2. The highest BCUT2D eigenvalue weighted by Crippen LogP contribution is 2.35. The number of thioether (sulfide) groups is 1. The van der Waals surface area contributed by atoms with Crippen molar-refractivity contribution in [2.75, 3.05) is 10.7 Å². The van der Waals surface area contributed by atoms with Crippen LogP contribution in [0.3, 0.4) is 0 Å². The second kappa shape index (κ2) is 13.5. The maximum absolute atomic E-state index is 13.1. The number of aromatic nitrogens is 3. The Balaban J connectivity index is 1.29. The van der Waals surface area contributed by atoms with Gasteiger partial charge in [0.15, 0.2) is 11.0 Å². The van der Waals surface area contributed by atoms with Gasteiger partial charge in [-0.3, -0.25) is 0 Å². The van der Waals surface area contributed by atoms with Crippen molar-refractivity contribution in [2.45, 2.75) is 66.3 Å². The van der Waals surface area contributed by atoms with E-state index in [1.165, 1.54) is 40.8 Å². The van der Waals surface area contributed by atoms with Gasteiger partial charge < -0.3 is 9.64 Å². The standard InChI is InChI=1S/C34H35F3N6O2S/c1-20-17-21(2)30(22(3)18-20)43-23(4)15-16-46-33(43)40-32(44)39-25(6)24(5)26-7-9-27(10-8-26)31-38-19-42(41-31)28-11-13-29(14-12-28)45-34(35,36)37/h7-14,17-19,23-24H,15-16H2,1-6H3. The molecule has 4 aromatic rings. The van der Waals surface area contributed by atoms with E-state index in [-0.39, 0.29) is 17.7 Å². The second-order valence-corrected chi connectivity index (χ2v) is 12.5. The zero-order valence-corrected chi connectivity index (χ0v) is 27.3. The molecule has 3 aromatic carbocycles. The molecule has 0 saturated carbocycles. The van der Waals surface area contributed by atoms with Crippen LogP contribution in [0.2, 0.25) is 0 Å². The Labute approximate surface area is 270 Å². The smallest absolute Gasteiger partial charge is 0.406 e. The Morgan fingerprint density at radius 1 is 1.04 bits per heavy atom. The average Bonchev–Trinajstić information content (AvgIpc) is 3.48. The van der Waals surface area contributed by atoms with E-state index >= 15 is 0 Å². The quantitative estimate of drug-likeness (QED) is 0.194. The minimum Gasteiger partial charge on any atom is -0.406 e. The summed E-state index contributed by atoms with van der Waals surface area (Å²) in [5, 5.41) is 5.13. The highest BCUT2D eigenvalue weighted by molar-refractivity contribution is 8.14. The van der Waals surface area contributed by atoms with Gasteiger partial charge >= 0.3 is 12.4 Å². The summed E-state index contributed by atoms with van der Waals surface area (Å²) >= 11 is 1.58. The van der Waals surface area contributed by atoms with Gasteiger partial charge in [0.2, 0.25) is 0 Å². The first-order valence-corrected chi connectivity index (χ1v) is 15.8. The van der Waals surface area contributed by atoms with E-state index in [0.29, 0.717) is 22.4 Å². The van der Waals surface area contributed by atoms with Gasteiger partial charge in [-0.25, -0.2) is 19.5 Å². The van der Waals surface area contributed by atoms with Gasteiger partial charge in [0.1, 0.15) is 12.1 Å². The molecule has 0 aliphatic carbocycles. The van der Waals surface area contributed by atoms with Gasteiger partial charge in [-0.2, -0.15) is 4.99 Å². The average molecular weight is 649 g/mol. The number of anilines is 1. The summed E-state index contributed by atoms with van der Waals surface area (Å²) in [4.78, 5) is 28.5. The molecule has 46 heavy (non-hydrogen) atoms. The van der Waals surface area contributed by atoms with Crippen molar-refractivity contribution in [1.82, 2.24) is 14.8 Å². The molecule has 1 fully saturated rings. The fourth-order valence-electron chi connectivity index (χ4n) is 5.50. The molecule has 1 saturated heterocycles.